The summed E-state index contributed by atoms with van der Waals surface area (Å²) in [5.41, 5.74) is -4.99. The van der Waals surface area contributed by atoms with Gasteiger partial charge in [0.2, 0.25) is 0 Å². The van der Waals surface area contributed by atoms with Crippen molar-refractivity contribution in [1.82, 2.24) is 0 Å². The standard InChI is InChI=1S/C26H36F6O3/c1-22-12-9-19-17(14-21(34)20-13-16(33)8-11-23(19,20)2)18(22)7-6-15(22)5-3-4-10-24(35,25(27,28)29)26(30,31)32/h4,10,15,17-21,34-35H,3,5-9,11-14H2,1-2H3/b10-4+. The molecule has 0 heterocycles. The lowest BCUT2D eigenvalue weighted by molar-refractivity contribution is -0.347. The van der Waals surface area contributed by atoms with Crippen LogP contribution in [0, 0.1) is 40.4 Å². The molecule has 4 rings (SSSR count). The normalized spacial score (nSPS) is 42.6. The predicted octanol–water partition coefficient (Wildman–Crippen LogP) is 6.38. The molecule has 4 aliphatic carbocycles. The molecule has 0 saturated heterocycles. The lowest BCUT2D eigenvalue weighted by Crippen LogP contribution is -2.57. The smallest absolute Gasteiger partial charge is 0.393 e. The number of rotatable bonds is 4. The second-order valence-corrected chi connectivity index (χ2v) is 12.1. The van der Waals surface area contributed by atoms with Crippen molar-refractivity contribution >= 4 is 5.78 Å². The van der Waals surface area contributed by atoms with Crippen LogP contribution in [0.1, 0.15) is 78.1 Å². The van der Waals surface area contributed by atoms with Crippen LogP contribution in [0.15, 0.2) is 12.2 Å². The summed E-state index contributed by atoms with van der Waals surface area (Å²) >= 11 is 0. The number of allylic oxidation sites excluding steroid dienone is 1. The summed E-state index contributed by atoms with van der Waals surface area (Å²) in [5, 5.41) is 20.3. The van der Waals surface area contributed by atoms with Crippen molar-refractivity contribution in [3.05, 3.63) is 12.2 Å². The molecule has 2 N–H and O–H groups in total. The Kier molecular flexibility index (Phi) is 6.73. The number of ketones is 1. The first-order valence-corrected chi connectivity index (χ1v) is 12.8. The molecule has 8 unspecified atom stereocenters. The molecule has 4 fully saturated rings. The van der Waals surface area contributed by atoms with Gasteiger partial charge in [0.25, 0.3) is 5.60 Å². The Morgan fingerprint density at radius 1 is 0.943 bits per heavy atom. The molecular weight excluding hydrogens is 474 g/mol. The first kappa shape index (κ1) is 27.0. The zero-order valence-electron chi connectivity index (χ0n) is 20.3. The highest BCUT2D eigenvalue weighted by atomic mass is 19.4. The summed E-state index contributed by atoms with van der Waals surface area (Å²) in [6, 6.07) is 0. The summed E-state index contributed by atoms with van der Waals surface area (Å²) in [4.78, 5) is 12.1. The van der Waals surface area contributed by atoms with Crippen molar-refractivity contribution in [2.45, 2.75) is 102 Å². The second-order valence-electron chi connectivity index (χ2n) is 12.1. The monoisotopic (exact) mass is 510 g/mol. The number of Topliss-reactive ketones (excluding diaryl/α,β-unsaturated/α-hetero) is 1. The van der Waals surface area contributed by atoms with Crippen LogP contribution in [0.3, 0.4) is 0 Å². The van der Waals surface area contributed by atoms with Crippen molar-refractivity contribution in [2.24, 2.45) is 40.4 Å². The van der Waals surface area contributed by atoms with Crippen molar-refractivity contribution < 1.29 is 41.4 Å². The molecule has 8 atom stereocenters. The third kappa shape index (κ3) is 4.26. The van der Waals surface area contributed by atoms with E-state index in [0.29, 0.717) is 43.4 Å². The zero-order valence-corrected chi connectivity index (χ0v) is 20.3. The molecule has 200 valence electrons. The minimum absolute atomic E-state index is 0.00212. The lowest BCUT2D eigenvalue weighted by Gasteiger charge is -2.61. The van der Waals surface area contributed by atoms with E-state index in [1.165, 1.54) is 0 Å². The largest absolute Gasteiger partial charge is 0.429 e. The van der Waals surface area contributed by atoms with E-state index in [4.69, 9.17) is 0 Å². The number of carbonyl (C=O) groups excluding carboxylic acids is 1. The third-order valence-corrected chi connectivity index (χ3v) is 10.6. The first-order valence-electron chi connectivity index (χ1n) is 12.8. The van der Waals surface area contributed by atoms with E-state index in [0.717, 1.165) is 38.2 Å². The van der Waals surface area contributed by atoms with E-state index in [-0.39, 0.29) is 40.9 Å². The van der Waals surface area contributed by atoms with Gasteiger partial charge in [-0.05, 0) is 97.9 Å². The fraction of sp³-hybridized carbons (Fsp3) is 0.885. The lowest BCUT2D eigenvalue weighted by atomic mass is 9.44. The molecule has 0 aliphatic heterocycles. The molecule has 0 aromatic carbocycles. The molecule has 0 aromatic heterocycles. The van der Waals surface area contributed by atoms with Crippen LogP contribution in [0.4, 0.5) is 26.3 Å². The summed E-state index contributed by atoms with van der Waals surface area (Å²) in [7, 11) is 0. The molecule has 0 spiro atoms. The molecule has 0 bridgehead atoms. The van der Waals surface area contributed by atoms with Gasteiger partial charge in [-0.25, -0.2) is 0 Å². The first-order chi connectivity index (χ1) is 16.0. The summed E-state index contributed by atoms with van der Waals surface area (Å²) in [6.45, 7) is 4.43. The van der Waals surface area contributed by atoms with Gasteiger partial charge in [0.05, 0.1) is 6.10 Å². The maximum Gasteiger partial charge on any atom is 0.429 e. The minimum Gasteiger partial charge on any atom is -0.393 e. The Balaban J connectivity index is 1.45. The Bertz CT molecular complexity index is 837. The fourth-order valence-corrected chi connectivity index (χ4v) is 8.57. The zero-order chi connectivity index (χ0) is 26.0. The van der Waals surface area contributed by atoms with Crippen LogP contribution >= 0.6 is 0 Å². The van der Waals surface area contributed by atoms with Gasteiger partial charge < -0.3 is 10.2 Å². The third-order valence-electron chi connectivity index (χ3n) is 10.6. The number of carbonyl (C=O) groups is 1. The van der Waals surface area contributed by atoms with Crippen LogP contribution < -0.4 is 0 Å². The highest BCUT2D eigenvalue weighted by Gasteiger charge is 2.69. The number of alkyl halides is 6. The van der Waals surface area contributed by atoms with Gasteiger partial charge in [-0.3, -0.25) is 4.79 Å². The minimum atomic E-state index is -5.84. The maximum atomic E-state index is 12.9. The molecule has 0 amide bonds. The van der Waals surface area contributed by atoms with Crippen LogP contribution in [0.5, 0.6) is 0 Å². The van der Waals surface area contributed by atoms with Crippen molar-refractivity contribution in [3.8, 4) is 0 Å². The number of hydrogen-bond donors (Lipinski definition) is 2. The molecule has 4 aliphatic rings. The van der Waals surface area contributed by atoms with E-state index in [9.17, 15) is 41.4 Å². The Morgan fingerprint density at radius 3 is 2.20 bits per heavy atom. The van der Waals surface area contributed by atoms with Crippen LogP contribution in [-0.2, 0) is 4.79 Å². The van der Waals surface area contributed by atoms with Gasteiger partial charge in [0, 0.05) is 12.8 Å². The van der Waals surface area contributed by atoms with Crippen LogP contribution in [0.25, 0.3) is 0 Å². The Labute approximate surface area is 202 Å². The van der Waals surface area contributed by atoms with Gasteiger partial charge in [-0.15, -0.1) is 0 Å². The maximum absolute atomic E-state index is 12.9. The van der Waals surface area contributed by atoms with Crippen molar-refractivity contribution in [3.63, 3.8) is 0 Å². The Morgan fingerprint density at radius 2 is 1.57 bits per heavy atom. The number of fused-ring (bicyclic) bond motifs is 5. The summed E-state index contributed by atoms with van der Waals surface area (Å²) < 4.78 is 77.5. The molecule has 0 aromatic rings. The molecule has 0 radical (unpaired) electrons. The predicted molar refractivity (Wildman–Crippen MR) is 117 cm³/mol. The van der Waals surface area contributed by atoms with E-state index in [2.05, 4.69) is 13.8 Å². The molecule has 9 heteroatoms. The Hall–Kier alpha value is -1.09. The highest BCUT2D eigenvalue weighted by molar-refractivity contribution is 5.79. The van der Waals surface area contributed by atoms with Gasteiger partial charge in [-0.1, -0.05) is 19.9 Å². The average molecular weight is 511 g/mol. The molecule has 4 saturated carbocycles. The van der Waals surface area contributed by atoms with Gasteiger partial charge in [0.15, 0.2) is 0 Å². The van der Waals surface area contributed by atoms with Crippen LogP contribution in [-0.4, -0.2) is 40.1 Å². The van der Waals surface area contributed by atoms with Crippen molar-refractivity contribution in [1.29, 1.82) is 0 Å². The highest BCUT2D eigenvalue weighted by Crippen LogP contribution is 2.67. The number of aliphatic hydroxyl groups is 2. The quantitative estimate of drug-likeness (QED) is 0.341. The van der Waals surface area contributed by atoms with E-state index in [1.54, 1.807) is 0 Å². The molecule has 3 nitrogen and oxygen atoms in total. The molecular formula is C26H36F6O3. The van der Waals surface area contributed by atoms with Crippen LogP contribution in [0.2, 0.25) is 0 Å². The van der Waals surface area contributed by atoms with Gasteiger partial charge >= 0.3 is 12.4 Å². The van der Waals surface area contributed by atoms with Gasteiger partial charge in [-0.2, -0.15) is 26.3 Å². The van der Waals surface area contributed by atoms with Crippen molar-refractivity contribution in [2.75, 3.05) is 0 Å². The summed E-state index contributed by atoms with van der Waals surface area (Å²) in [5.74, 6) is 1.48. The fourth-order valence-electron chi connectivity index (χ4n) is 8.57. The topological polar surface area (TPSA) is 57.5 Å². The summed E-state index contributed by atoms with van der Waals surface area (Å²) in [6.07, 6.45) is -4.88. The SMILES string of the molecule is CC12CCC3C(CC(O)C4CC(=O)CCC43C)C1CCC2CC/C=C/C(O)(C(F)(F)F)C(F)(F)F. The van der Waals surface area contributed by atoms with E-state index < -0.39 is 24.1 Å². The number of aliphatic hydroxyl groups excluding tert-OH is 1. The average Bonchev–Trinajstić information content (AvgIpc) is 3.07. The van der Waals surface area contributed by atoms with E-state index in [1.807, 2.05) is 0 Å². The molecule has 35 heavy (non-hydrogen) atoms. The number of hydrogen-bond acceptors (Lipinski definition) is 3. The van der Waals surface area contributed by atoms with Gasteiger partial charge in [0.1, 0.15) is 5.78 Å². The number of halogens is 6. The second kappa shape index (κ2) is 8.74. The van der Waals surface area contributed by atoms with E-state index >= 15 is 0 Å².